The van der Waals surface area contributed by atoms with E-state index in [-0.39, 0.29) is 5.91 Å². The SMILES string of the molecule is COc1cc(C=NNC(=O)c2ccncc2)c(Br)cc1OCc1ccc(Br)cc1. The highest BCUT2D eigenvalue weighted by molar-refractivity contribution is 9.10. The van der Waals surface area contributed by atoms with E-state index in [1.165, 1.54) is 6.21 Å². The van der Waals surface area contributed by atoms with E-state index in [1.54, 1.807) is 37.7 Å². The Kier molecular flexibility index (Phi) is 7.37. The highest BCUT2D eigenvalue weighted by Gasteiger charge is 2.10. The number of hydrogen-bond acceptors (Lipinski definition) is 5. The molecule has 0 unspecified atom stereocenters. The van der Waals surface area contributed by atoms with Crippen LogP contribution in [0.3, 0.4) is 0 Å². The molecule has 1 N–H and O–H groups in total. The van der Waals surface area contributed by atoms with Crippen molar-refractivity contribution in [3.8, 4) is 11.5 Å². The van der Waals surface area contributed by atoms with Crippen LogP contribution in [0.5, 0.6) is 11.5 Å². The highest BCUT2D eigenvalue weighted by atomic mass is 79.9. The van der Waals surface area contributed by atoms with Gasteiger partial charge in [0.2, 0.25) is 0 Å². The Morgan fingerprint density at radius 1 is 1.10 bits per heavy atom. The van der Waals surface area contributed by atoms with Gasteiger partial charge >= 0.3 is 0 Å². The summed E-state index contributed by atoms with van der Waals surface area (Å²) < 4.78 is 13.1. The standard InChI is InChI=1S/C21H17Br2N3O3/c1-28-19-10-16(12-25-26-21(27)15-6-8-24-9-7-15)18(23)11-20(19)29-13-14-2-4-17(22)5-3-14/h2-12H,13H2,1H3,(H,26,27). The van der Waals surface area contributed by atoms with Gasteiger partial charge in [0.15, 0.2) is 11.5 Å². The number of pyridine rings is 1. The average Bonchev–Trinajstić information content (AvgIpc) is 2.75. The molecule has 0 bridgehead atoms. The lowest BCUT2D eigenvalue weighted by Gasteiger charge is -2.13. The van der Waals surface area contributed by atoms with Gasteiger partial charge in [-0.25, -0.2) is 5.43 Å². The summed E-state index contributed by atoms with van der Waals surface area (Å²) in [5.74, 6) is 0.841. The maximum Gasteiger partial charge on any atom is 0.271 e. The molecule has 2 aromatic carbocycles. The van der Waals surface area contributed by atoms with Crippen molar-refractivity contribution in [2.45, 2.75) is 6.61 Å². The number of halogens is 2. The van der Waals surface area contributed by atoms with Crippen molar-refractivity contribution in [1.29, 1.82) is 0 Å². The topological polar surface area (TPSA) is 72.8 Å². The first kappa shape index (κ1) is 21.0. The summed E-state index contributed by atoms with van der Waals surface area (Å²) in [6.07, 6.45) is 4.63. The van der Waals surface area contributed by atoms with Crippen molar-refractivity contribution in [2.24, 2.45) is 5.10 Å². The Balaban J connectivity index is 1.68. The van der Waals surface area contributed by atoms with E-state index in [1.807, 2.05) is 30.3 Å². The molecule has 6 nitrogen and oxygen atoms in total. The van der Waals surface area contributed by atoms with Crippen LogP contribution in [0.2, 0.25) is 0 Å². The van der Waals surface area contributed by atoms with Crippen LogP contribution in [0.1, 0.15) is 21.5 Å². The van der Waals surface area contributed by atoms with Gasteiger partial charge in [-0.3, -0.25) is 9.78 Å². The Bertz CT molecular complexity index is 1010. The largest absolute Gasteiger partial charge is 0.493 e. The Morgan fingerprint density at radius 3 is 2.52 bits per heavy atom. The third-order valence-corrected chi connectivity index (χ3v) is 5.12. The van der Waals surface area contributed by atoms with E-state index in [0.29, 0.717) is 23.7 Å². The molecule has 1 amide bonds. The first-order chi connectivity index (χ1) is 14.1. The number of carbonyl (C=O) groups excluding carboxylic acids is 1. The Labute approximate surface area is 185 Å². The molecule has 0 radical (unpaired) electrons. The van der Waals surface area contributed by atoms with E-state index in [4.69, 9.17) is 9.47 Å². The maximum absolute atomic E-state index is 12.0. The van der Waals surface area contributed by atoms with Gasteiger partial charge in [-0.2, -0.15) is 5.10 Å². The second kappa shape index (κ2) is 10.2. The summed E-state index contributed by atoms with van der Waals surface area (Å²) in [5.41, 5.74) is 4.73. The van der Waals surface area contributed by atoms with Crippen molar-refractivity contribution >= 4 is 44.0 Å². The lowest BCUT2D eigenvalue weighted by atomic mass is 10.2. The van der Waals surface area contributed by atoms with Crippen LogP contribution in [0.4, 0.5) is 0 Å². The summed E-state index contributed by atoms with van der Waals surface area (Å²) in [6, 6.07) is 14.7. The molecule has 0 spiro atoms. The smallest absolute Gasteiger partial charge is 0.271 e. The summed E-state index contributed by atoms with van der Waals surface area (Å²) in [7, 11) is 1.57. The maximum atomic E-state index is 12.0. The Hall–Kier alpha value is -2.71. The number of hydrazone groups is 1. The fourth-order valence-electron chi connectivity index (χ4n) is 2.39. The molecule has 148 valence electrons. The molecule has 29 heavy (non-hydrogen) atoms. The van der Waals surface area contributed by atoms with Crippen LogP contribution < -0.4 is 14.9 Å². The van der Waals surface area contributed by atoms with Crippen molar-refractivity contribution < 1.29 is 14.3 Å². The van der Waals surface area contributed by atoms with E-state index >= 15 is 0 Å². The fraction of sp³-hybridized carbons (Fsp3) is 0.0952. The molecule has 3 aromatic rings. The number of methoxy groups -OCH3 is 1. The number of benzene rings is 2. The van der Waals surface area contributed by atoms with Crippen LogP contribution in [0.25, 0.3) is 0 Å². The summed E-state index contributed by atoms with van der Waals surface area (Å²) in [6.45, 7) is 0.408. The zero-order valence-corrected chi connectivity index (χ0v) is 18.6. The van der Waals surface area contributed by atoms with Crippen molar-refractivity contribution in [1.82, 2.24) is 10.4 Å². The fourth-order valence-corrected chi connectivity index (χ4v) is 3.08. The number of rotatable bonds is 7. The molecule has 0 fully saturated rings. The molecule has 0 atom stereocenters. The molecule has 0 aliphatic carbocycles. The average molecular weight is 519 g/mol. The molecular weight excluding hydrogens is 502 g/mol. The number of hydrogen-bond donors (Lipinski definition) is 1. The lowest BCUT2D eigenvalue weighted by molar-refractivity contribution is 0.0955. The molecule has 3 rings (SSSR count). The monoisotopic (exact) mass is 517 g/mol. The second-order valence-corrected chi connectivity index (χ2v) is 7.64. The van der Waals surface area contributed by atoms with Crippen LogP contribution in [0, 0.1) is 0 Å². The minimum absolute atomic E-state index is 0.318. The van der Waals surface area contributed by atoms with Crippen molar-refractivity contribution in [3.05, 3.63) is 86.6 Å². The molecule has 0 saturated heterocycles. The molecule has 0 saturated carbocycles. The molecule has 8 heteroatoms. The van der Waals surface area contributed by atoms with E-state index < -0.39 is 0 Å². The quantitative estimate of drug-likeness (QED) is 0.354. The van der Waals surface area contributed by atoms with Gasteiger partial charge in [0, 0.05) is 32.5 Å². The lowest BCUT2D eigenvalue weighted by Crippen LogP contribution is -2.17. The second-order valence-electron chi connectivity index (χ2n) is 5.87. The van der Waals surface area contributed by atoms with Crippen LogP contribution in [0.15, 0.2) is 75.0 Å². The highest BCUT2D eigenvalue weighted by Crippen LogP contribution is 2.33. The number of aromatic nitrogens is 1. The van der Waals surface area contributed by atoms with Crippen LogP contribution in [-0.2, 0) is 6.61 Å². The van der Waals surface area contributed by atoms with Gasteiger partial charge in [0.05, 0.1) is 13.3 Å². The first-order valence-corrected chi connectivity index (χ1v) is 10.1. The first-order valence-electron chi connectivity index (χ1n) is 8.55. The number of nitrogens with one attached hydrogen (secondary N) is 1. The van der Waals surface area contributed by atoms with Gasteiger partial charge in [-0.1, -0.05) is 28.1 Å². The zero-order chi connectivity index (χ0) is 20.6. The molecule has 1 heterocycles. The van der Waals surface area contributed by atoms with Gasteiger partial charge in [0.1, 0.15) is 6.61 Å². The van der Waals surface area contributed by atoms with Crippen LogP contribution in [-0.4, -0.2) is 24.2 Å². The van der Waals surface area contributed by atoms with Crippen molar-refractivity contribution in [2.75, 3.05) is 7.11 Å². The zero-order valence-electron chi connectivity index (χ0n) is 15.4. The molecule has 0 aliphatic heterocycles. The third kappa shape index (κ3) is 5.88. The molecule has 0 aliphatic rings. The van der Waals surface area contributed by atoms with E-state index in [2.05, 4.69) is 47.4 Å². The van der Waals surface area contributed by atoms with Gasteiger partial charge in [0.25, 0.3) is 5.91 Å². The molecule has 1 aromatic heterocycles. The van der Waals surface area contributed by atoms with Crippen molar-refractivity contribution in [3.63, 3.8) is 0 Å². The van der Waals surface area contributed by atoms with Crippen LogP contribution >= 0.6 is 31.9 Å². The minimum Gasteiger partial charge on any atom is -0.493 e. The number of amides is 1. The minimum atomic E-state index is -0.318. The third-order valence-electron chi connectivity index (χ3n) is 3.90. The van der Waals surface area contributed by atoms with Gasteiger partial charge in [-0.05, 0) is 57.9 Å². The van der Waals surface area contributed by atoms with E-state index in [0.717, 1.165) is 20.1 Å². The van der Waals surface area contributed by atoms with Gasteiger partial charge < -0.3 is 9.47 Å². The summed E-state index contributed by atoms with van der Waals surface area (Å²) in [5, 5.41) is 4.01. The number of ether oxygens (including phenoxy) is 2. The Morgan fingerprint density at radius 2 is 1.83 bits per heavy atom. The molecular formula is C21H17Br2N3O3. The number of carbonyl (C=O) groups is 1. The van der Waals surface area contributed by atoms with E-state index in [9.17, 15) is 4.79 Å². The predicted molar refractivity (Wildman–Crippen MR) is 118 cm³/mol. The normalized spacial score (nSPS) is 10.7. The van der Waals surface area contributed by atoms with Gasteiger partial charge in [-0.15, -0.1) is 0 Å². The predicted octanol–water partition coefficient (Wildman–Crippen LogP) is 4.96. The number of nitrogens with zero attached hydrogens (tertiary/aromatic N) is 2. The summed E-state index contributed by atoms with van der Waals surface area (Å²) in [4.78, 5) is 15.9. The summed E-state index contributed by atoms with van der Waals surface area (Å²) >= 11 is 6.92.